The average molecular weight is 695 g/mol. The Labute approximate surface area is 255 Å². The van der Waals surface area contributed by atoms with Gasteiger partial charge >= 0.3 is 54.0 Å². The summed E-state index contributed by atoms with van der Waals surface area (Å²) >= 11 is 0. The molecule has 0 saturated carbocycles. The first-order chi connectivity index (χ1) is 20.4. The summed E-state index contributed by atoms with van der Waals surface area (Å²) in [4.78, 5) is 60.1. The van der Waals surface area contributed by atoms with Gasteiger partial charge in [-0.1, -0.05) is 6.58 Å². The van der Waals surface area contributed by atoms with Crippen LogP contribution < -0.4 is 0 Å². The lowest BCUT2D eigenvalue weighted by atomic mass is 9.99. The van der Waals surface area contributed by atoms with E-state index in [-0.39, 0.29) is 5.57 Å². The molecule has 0 radical (unpaired) electrons. The van der Waals surface area contributed by atoms with Crippen LogP contribution in [0, 0.1) is 0 Å². The maximum absolute atomic E-state index is 14.0. The molecule has 1 unspecified atom stereocenters. The van der Waals surface area contributed by atoms with Crippen LogP contribution in [0.15, 0.2) is 12.2 Å². The van der Waals surface area contributed by atoms with Crippen LogP contribution in [0.5, 0.6) is 0 Å². The van der Waals surface area contributed by atoms with Crippen molar-refractivity contribution in [3.05, 3.63) is 12.2 Å². The van der Waals surface area contributed by atoms with Gasteiger partial charge in [-0.15, -0.1) is 0 Å². The Bertz CT molecular complexity index is 1130. The van der Waals surface area contributed by atoms with Crippen molar-refractivity contribution < 1.29 is 91.6 Å². The van der Waals surface area contributed by atoms with E-state index < -0.39 is 117 Å². The summed E-state index contributed by atoms with van der Waals surface area (Å²) < 4.78 is 151. The van der Waals surface area contributed by atoms with E-state index >= 15 is 0 Å². The highest BCUT2D eigenvalue weighted by molar-refractivity contribution is 5.91. The molecule has 0 spiro atoms. The molecule has 0 aromatic carbocycles. The van der Waals surface area contributed by atoms with Crippen molar-refractivity contribution >= 4 is 29.8 Å². The molecular formula is C26H32F10O10. The lowest BCUT2D eigenvalue weighted by Gasteiger charge is -2.30. The molecule has 0 amide bonds. The van der Waals surface area contributed by atoms with Crippen molar-refractivity contribution in [1.82, 2.24) is 0 Å². The fraction of sp³-hybridized carbons (Fsp3) is 0.731. The van der Waals surface area contributed by atoms with E-state index in [1.165, 1.54) is 0 Å². The lowest BCUT2D eigenvalue weighted by molar-refractivity contribution is -0.205. The van der Waals surface area contributed by atoms with Gasteiger partial charge in [0.15, 0.2) is 13.2 Å². The zero-order valence-corrected chi connectivity index (χ0v) is 25.1. The predicted molar refractivity (Wildman–Crippen MR) is 132 cm³/mol. The molecule has 10 nitrogen and oxygen atoms in total. The van der Waals surface area contributed by atoms with Crippen LogP contribution in [0.4, 0.5) is 43.9 Å². The first kappa shape index (κ1) is 42.4. The van der Waals surface area contributed by atoms with E-state index in [0.29, 0.717) is 0 Å². The molecular weight excluding hydrogens is 662 g/mol. The Morgan fingerprint density at radius 3 is 1.35 bits per heavy atom. The van der Waals surface area contributed by atoms with E-state index in [4.69, 9.17) is 14.2 Å². The third kappa shape index (κ3) is 17.2. The predicted octanol–water partition coefficient (Wildman–Crippen LogP) is 5.55. The number of carbonyl (C=O) groups is 5. The van der Waals surface area contributed by atoms with Gasteiger partial charge in [0.25, 0.3) is 0 Å². The average Bonchev–Trinajstić information content (AvgIpc) is 2.86. The number of halogens is 10. The second kappa shape index (κ2) is 15.8. The van der Waals surface area contributed by atoms with E-state index in [9.17, 15) is 67.9 Å². The van der Waals surface area contributed by atoms with E-state index in [1.54, 1.807) is 0 Å². The number of hydrogen-bond acceptors (Lipinski definition) is 10. The van der Waals surface area contributed by atoms with Crippen LogP contribution in [0.1, 0.15) is 66.7 Å². The highest BCUT2D eigenvalue weighted by Crippen LogP contribution is 2.31. The Morgan fingerprint density at radius 2 is 1.00 bits per heavy atom. The summed E-state index contributed by atoms with van der Waals surface area (Å²) in [6.45, 7) is 4.01. The van der Waals surface area contributed by atoms with Gasteiger partial charge in [-0.05, 0) is 47.5 Å². The van der Waals surface area contributed by atoms with Gasteiger partial charge in [0.05, 0.1) is 6.42 Å². The maximum atomic E-state index is 14.0. The Kier molecular flexibility index (Phi) is 14.6. The monoisotopic (exact) mass is 694 g/mol. The van der Waals surface area contributed by atoms with Gasteiger partial charge in [-0.3, -0.25) is 4.79 Å². The summed E-state index contributed by atoms with van der Waals surface area (Å²) in [7, 11) is 0. The van der Waals surface area contributed by atoms with Crippen LogP contribution in [0.25, 0.3) is 0 Å². The number of ether oxygens (including phenoxy) is 5. The molecule has 1 atom stereocenters. The number of alkyl halides is 10. The molecule has 0 aliphatic rings. The minimum Gasteiger partial charge on any atom is -0.460 e. The molecule has 0 aliphatic heterocycles. The fourth-order valence-corrected chi connectivity index (χ4v) is 2.97. The minimum absolute atomic E-state index is 0.289. The third-order valence-electron chi connectivity index (χ3n) is 5.39. The van der Waals surface area contributed by atoms with Crippen LogP contribution in [-0.2, 0) is 47.7 Å². The topological polar surface area (TPSA) is 132 Å². The van der Waals surface area contributed by atoms with Crippen LogP contribution in [0.3, 0.4) is 0 Å². The van der Waals surface area contributed by atoms with Crippen molar-refractivity contribution in [1.29, 1.82) is 0 Å². The molecule has 266 valence electrons. The molecule has 0 aromatic heterocycles. The molecule has 0 aliphatic carbocycles. The highest BCUT2D eigenvalue weighted by Gasteiger charge is 2.46. The third-order valence-corrected chi connectivity index (χ3v) is 5.39. The Morgan fingerprint density at radius 1 is 0.630 bits per heavy atom. The molecule has 0 N–H and O–H groups in total. The summed E-state index contributed by atoms with van der Waals surface area (Å²) in [6.07, 6.45) is -18.1. The molecule has 0 saturated heterocycles. The largest absolute Gasteiger partial charge is 0.460 e. The molecule has 0 heterocycles. The normalized spacial score (nSPS) is 13.7. The van der Waals surface area contributed by atoms with E-state index in [2.05, 4.69) is 16.1 Å². The summed E-state index contributed by atoms with van der Waals surface area (Å²) in [5.41, 5.74) is -4.07. The molecule has 46 heavy (non-hydrogen) atoms. The number of esters is 5. The maximum Gasteiger partial charge on any atom is 0.422 e. The summed E-state index contributed by atoms with van der Waals surface area (Å²) in [5.74, 6) is -18.0. The van der Waals surface area contributed by atoms with Crippen LogP contribution in [0.2, 0.25) is 0 Å². The smallest absolute Gasteiger partial charge is 0.422 e. The summed E-state index contributed by atoms with van der Waals surface area (Å²) in [6, 6.07) is 0. The summed E-state index contributed by atoms with van der Waals surface area (Å²) in [5, 5.41) is 0. The fourth-order valence-electron chi connectivity index (χ4n) is 2.97. The SMILES string of the molecule is C=C(C)C(=O)OC(CC(=O)OC(C)(C)CCC(F)(F)C(=O)OCC(F)(F)F)C(=O)OC(C)(C)CCC(F)(F)C(=O)OCC(F)(F)F. The molecule has 20 heteroatoms. The van der Waals surface area contributed by atoms with Gasteiger partial charge in [0.1, 0.15) is 11.2 Å². The first-order valence-corrected chi connectivity index (χ1v) is 12.9. The van der Waals surface area contributed by atoms with Crippen molar-refractivity contribution in [2.24, 2.45) is 0 Å². The van der Waals surface area contributed by atoms with E-state index in [1.807, 2.05) is 0 Å². The Balaban J connectivity index is 5.48. The lowest BCUT2D eigenvalue weighted by Crippen LogP contribution is -2.41. The quantitative estimate of drug-likeness (QED) is 0.0827. The second-order valence-corrected chi connectivity index (χ2v) is 11.1. The Hall–Kier alpha value is -3.61. The van der Waals surface area contributed by atoms with Gasteiger partial charge in [-0.25, -0.2) is 19.2 Å². The number of rotatable bonds is 17. The zero-order valence-electron chi connectivity index (χ0n) is 25.1. The van der Waals surface area contributed by atoms with Gasteiger partial charge in [0.2, 0.25) is 6.10 Å². The molecule has 0 rings (SSSR count). The minimum atomic E-state index is -5.08. The van der Waals surface area contributed by atoms with Crippen LogP contribution in [-0.4, -0.2) is 84.6 Å². The molecule has 0 aromatic rings. The van der Waals surface area contributed by atoms with Gasteiger partial charge in [-0.2, -0.15) is 43.9 Å². The number of hydrogen-bond donors (Lipinski definition) is 0. The van der Waals surface area contributed by atoms with Crippen molar-refractivity contribution in [3.8, 4) is 0 Å². The second-order valence-electron chi connectivity index (χ2n) is 11.1. The van der Waals surface area contributed by atoms with Crippen molar-refractivity contribution in [2.45, 2.75) is 108 Å². The molecule has 0 bridgehead atoms. The zero-order chi connectivity index (χ0) is 36.5. The number of carbonyl (C=O) groups excluding carboxylic acids is 5. The van der Waals surface area contributed by atoms with Gasteiger partial charge in [0, 0.05) is 18.4 Å². The van der Waals surface area contributed by atoms with Gasteiger partial charge < -0.3 is 23.7 Å². The molecule has 0 fully saturated rings. The van der Waals surface area contributed by atoms with E-state index in [0.717, 1.165) is 34.6 Å². The first-order valence-electron chi connectivity index (χ1n) is 12.9. The highest BCUT2D eigenvalue weighted by atomic mass is 19.4. The standard InChI is InChI=1S/C26H32F10O10/c1-14(2)17(38)44-15(18(39)46-22(5,6)8-10-24(29,30)20(41)43-13-26(34,35)36)11-16(37)45-21(3,4)7-9-23(27,28)19(40)42-12-25(31,32)33/h15H,1,7-13H2,2-6H3. The van der Waals surface area contributed by atoms with Crippen molar-refractivity contribution in [2.75, 3.05) is 13.2 Å². The van der Waals surface area contributed by atoms with Crippen LogP contribution >= 0.6 is 0 Å². The van der Waals surface area contributed by atoms with Crippen molar-refractivity contribution in [3.63, 3.8) is 0 Å².